The van der Waals surface area contributed by atoms with E-state index in [-0.39, 0.29) is 6.10 Å². The summed E-state index contributed by atoms with van der Waals surface area (Å²) >= 11 is 0. The average Bonchev–Trinajstić information content (AvgIpc) is 3.38. The van der Waals surface area contributed by atoms with Gasteiger partial charge in [0, 0.05) is 32.3 Å². The topological polar surface area (TPSA) is 92.6 Å². The van der Waals surface area contributed by atoms with Gasteiger partial charge in [-0.2, -0.15) is 0 Å². The first kappa shape index (κ1) is 20.4. The van der Waals surface area contributed by atoms with Crippen molar-refractivity contribution in [2.75, 3.05) is 45.9 Å². The number of pyridine rings is 1. The molecular weight excluding hydrogens is 386 g/mol. The summed E-state index contributed by atoms with van der Waals surface area (Å²) in [4.78, 5) is 13.7. The second kappa shape index (κ2) is 9.27. The highest BCUT2D eigenvalue weighted by Crippen LogP contribution is 2.30. The Labute approximate surface area is 175 Å². The van der Waals surface area contributed by atoms with Gasteiger partial charge in [0.2, 0.25) is 0 Å². The van der Waals surface area contributed by atoms with Gasteiger partial charge in [0.1, 0.15) is 17.4 Å². The smallest absolute Gasteiger partial charge is 0.179 e. The highest BCUT2D eigenvalue weighted by Gasteiger charge is 2.20. The molecule has 0 spiro atoms. The molecule has 4 heterocycles. The van der Waals surface area contributed by atoms with Crippen molar-refractivity contribution < 1.29 is 18.9 Å². The molecule has 1 fully saturated rings. The van der Waals surface area contributed by atoms with Crippen LogP contribution in [0.15, 0.2) is 24.5 Å². The molecule has 1 unspecified atom stereocenters. The van der Waals surface area contributed by atoms with E-state index in [1.54, 1.807) is 20.4 Å². The predicted octanol–water partition coefficient (Wildman–Crippen LogP) is 2.42. The van der Waals surface area contributed by atoms with Crippen LogP contribution >= 0.6 is 0 Å². The number of aryl methyl sites for hydroxylation is 1. The van der Waals surface area contributed by atoms with Gasteiger partial charge in [0.05, 0.1) is 50.9 Å². The van der Waals surface area contributed by atoms with Gasteiger partial charge in [-0.25, -0.2) is 9.97 Å². The van der Waals surface area contributed by atoms with Gasteiger partial charge in [0.25, 0.3) is 0 Å². The Balaban J connectivity index is 1.61. The third-order valence-electron chi connectivity index (χ3n) is 4.94. The van der Waals surface area contributed by atoms with Gasteiger partial charge in [0.15, 0.2) is 17.3 Å². The van der Waals surface area contributed by atoms with Crippen molar-refractivity contribution in [1.29, 1.82) is 0 Å². The van der Waals surface area contributed by atoms with Gasteiger partial charge in [-0.05, 0) is 13.0 Å². The first-order valence-corrected chi connectivity index (χ1v) is 10.0. The summed E-state index contributed by atoms with van der Waals surface area (Å²) in [5, 5.41) is 3.34. The van der Waals surface area contributed by atoms with Crippen molar-refractivity contribution in [2.24, 2.45) is 0 Å². The number of nitrogens with one attached hydrogen (secondary N) is 1. The lowest BCUT2D eigenvalue weighted by Gasteiger charge is -2.16. The molecule has 30 heavy (non-hydrogen) atoms. The highest BCUT2D eigenvalue weighted by molar-refractivity contribution is 5.86. The molecule has 9 nitrogen and oxygen atoms in total. The van der Waals surface area contributed by atoms with Crippen LogP contribution in [0.3, 0.4) is 0 Å². The van der Waals surface area contributed by atoms with Gasteiger partial charge >= 0.3 is 0 Å². The predicted molar refractivity (Wildman–Crippen MR) is 112 cm³/mol. The molecule has 160 valence electrons. The fourth-order valence-electron chi connectivity index (χ4n) is 3.51. The van der Waals surface area contributed by atoms with E-state index >= 15 is 0 Å². The number of ether oxygens (including phenoxy) is 4. The Morgan fingerprint density at radius 3 is 2.93 bits per heavy atom. The Morgan fingerprint density at radius 2 is 2.17 bits per heavy atom. The molecule has 0 aromatic carbocycles. The Bertz CT molecular complexity index is 1000. The minimum absolute atomic E-state index is 0.0366. The molecule has 1 aliphatic heterocycles. The summed E-state index contributed by atoms with van der Waals surface area (Å²) in [6.45, 7) is 5.01. The molecule has 1 atom stereocenters. The summed E-state index contributed by atoms with van der Waals surface area (Å²) in [6, 6.07) is 3.92. The molecule has 3 aromatic heterocycles. The monoisotopic (exact) mass is 413 g/mol. The lowest BCUT2D eigenvalue weighted by molar-refractivity contribution is 0.138. The van der Waals surface area contributed by atoms with E-state index in [1.807, 2.05) is 25.3 Å². The summed E-state index contributed by atoms with van der Waals surface area (Å²) in [6.07, 6.45) is 4.60. The lowest BCUT2D eigenvalue weighted by Crippen LogP contribution is -2.16. The molecule has 0 aliphatic carbocycles. The quantitative estimate of drug-likeness (QED) is 0.535. The van der Waals surface area contributed by atoms with Crippen LogP contribution in [0, 0.1) is 6.92 Å². The van der Waals surface area contributed by atoms with Crippen LogP contribution in [0.2, 0.25) is 0 Å². The lowest BCUT2D eigenvalue weighted by atomic mass is 10.3. The summed E-state index contributed by atoms with van der Waals surface area (Å²) in [5.41, 5.74) is 2.67. The van der Waals surface area contributed by atoms with Crippen molar-refractivity contribution in [2.45, 2.75) is 26.0 Å². The van der Waals surface area contributed by atoms with Crippen molar-refractivity contribution in [1.82, 2.24) is 19.5 Å². The molecule has 0 saturated carbocycles. The van der Waals surface area contributed by atoms with Crippen LogP contribution < -0.4 is 14.8 Å². The fraction of sp³-hybridized carbons (Fsp3) is 0.476. The number of hydrogen-bond acceptors (Lipinski definition) is 8. The van der Waals surface area contributed by atoms with E-state index in [1.165, 1.54) is 0 Å². The van der Waals surface area contributed by atoms with E-state index in [0.717, 1.165) is 41.4 Å². The van der Waals surface area contributed by atoms with Crippen LogP contribution in [0.1, 0.15) is 17.9 Å². The molecule has 0 bridgehead atoms. The summed E-state index contributed by atoms with van der Waals surface area (Å²) in [5.74, 6) is 2.80. The molecule has 1 N–H and O–H groups in total. The SMILES string of the molecule is COCCNc1nc(C)nc2ccn(Cc3cc(OC4CCOC4)c(OC)cn3)c12. The number of methoxy groups -OCH3 is 2. The van der Waals surface area contributed by atoms with E-state index in [4.69, 9.17) is 18.9 Å². The molecule has 1 aliphatic rings. The van der Waals surface area contributed by atoms with Crippen LogP contribution in [0.25, 0.3) is 11.0 Å². The van der Waals surface area contributed by atoms with E-state index in [9.17, 15) is 0 Å². The maximum Gasteiger partial charge on any atom is 0.179 e. The number of rotatable bonds is 9. The molecule has 3 aromatic rings. The van der Waals surface area contributed by atoms with E-state index in [0.29, 0.717) is 37.8 Å². The first-order chi connectivity index (χ1) is 14.7. The Kier molecular flexibility index (Phi) is 6.29. The number of fused-ring (bicyclic) bond motifs is 1. The van der Waals surface area contributed by atoms with E-state index < -0.39 is 0 Å². The highest BCUT2D eigenvalue weighted by atomic mass is 16.6. The van der Waals surface area contributed by atoms with Crippen molar-refractivity contribution in [3.05, 3.63) is 36.0 Å². The molecule has 9 heteroatoms. The van der Waals surface area contributed by atoms with Crippen LogP contribution in [-0.4, -0.2) is 66.2 Å². The third-order valence-corrected chi connectivity index (χ3v) is 4.94. The second-order valence-electron chi connectivity index (χ2n) is 7.15. The largest absolute Gasteiger partial charge is 0.491 e. The molecular formula is C21H27N5O4. The molecule has 0 amide bonds. The van der Waals surface area contributed by atoms with Crippen LogP contribution in [-0.2, 0) is 16.0 Å². The first-order valence-electron chi connectivity index (χ1n) is 10.0. The second-order valence-corrected chi connectivity index (χ2v) is 7.15. The van der Waals surface area contributed by atoms with Crippen LogP contribution in [0.4, 0.5) is 5.82 Å². The maximum atomic E-state index is 6.10. The minimum Gasteiger partial charge on any atom is -0.491 e. The maximum absolute atomic E-state index is 6.10. The summed E-state index contributed by atoms with van der Waals surface area (Å²) in [7, 11) is 3.30. The van der Waals surface area contributed by atoms with Gasteiger partial charge < -0.3 is 28.8 Å². The molecule has 4 rings (SSSR count). The third kappa shape index (κ3) is 4.47. The van der Waals surface area contributed by atoms with Gasteiger partial charge in [-0.1, -0.05) is 0 Å². The van der Waals surface area contributed by atoms with Gasteiger partial charge in [-0.15, -0.1) is 0 Å². The number of aromatic nitrogens is 4. The number of hydrogen-bond donors (Lipinski definition) is 1. The average molecular weight is 413 g/mol. The van der Waals surface area contributed by atoms with Crippen LogP contribution in [0.5, 0.6) is 11.5 Å². The number of anilines is 1. The minimum atomic E-state index is 0.0366. The molecule has 1 saturated heterocycles. The van der Waals surface area contributed by atoms with Gasteiger partial charge in [-0.3, -0.25) is 4.98 Å². The zero-order valence-electron chi connectivity index (χ0n) is 17.6. The standard InChI is InChI=1S/C21H27N5O4/c1-14-24-17-4-7-26(20(17)21(25-14)22-6-9-27-2)12-15-10-18(19(28-3)11-23-15)30-16-5-8-29-13-16/h4,7,10-11,16H,5-6,8-9,12-13H2,1-3H3,(H,22,24,25). The zero-order valence-corrected chi connectivity index (χ0v) is 17.6. The molecule has 0 radical (unpaired) electrons. The Hall–Kier alpha value is -2.91. The van der Waals surface area contributed by atoms with Crippen molar-refractivity contribution in [3.8, 4) is 11.5 Å². The van der Waals surface area contributed by atoms with Crippen molar-refractivity contribution >= 4 is 16.9 Å². The van der Waals surface area contributed by atoms with E-state index in [2.05, 4.69) is 24.8 Å². The normalized spacial score (nSPS) is 16.2. The number of nitrogens with zero attached hydrogens (tertiary/aromatic N) is 4. The Morgan fingerprint density at radius 1 is 1.27 bits per heavy atom. The zero-order chi connectivity index (χ0) is 20.9. The fourth-order valence-corrected chi connectivity index (χ4v) is 3.51. The van der Waals surface area contributed by atoms with Crippen molar-refractivity contribution in [3.63, 3.8) is 0 Å². The summed E-state index contributed by atoms with van der Waals surface area (Å²) < 4.78 is 24.2.